The number of hydrogen-bond donors (Lipinski definition) is 5. The van der Waals surface area contributed by atoms with E-state index in [4.69, 9.17) is 5.73 Å². The van der Waals surface area contributed by atoms with Gasteiger partial charge in [-0.1, -0.05) is 12.1 Å². The van der Waals surface area contributed by atoms with E-state index in [9.17, 15) is 29.4 Å². The molecule has 0 saturated carbocycles. The van der Waals surface area contributed by atoms with Crippen molar-refractivity contribution in [3.8, 4) is 5.75 Å². The van der Waals surface area contributed by atoms with Gasteiger partial charge in [-0.15, -0.1) is 0 Å². The second kappa shape index (κ2) is 9.87. The fourth-order valence-electron chi connectivity index (χ4n) is 3.24. The van der Waals surface area contributed by atoms with Crippen molar-refractivity contribution in [2.75, 3.05) is 13.1 Å². The molecule has 1 saturated heterocycles. The fraction of sp³-hybridized carbons (Fsp3) is 0.474. The number of likely N-dealkylation sites (tertiary alicyclic amines) is 1. The van der Waals surface area contributed by atoms with Gasteiger partial charge < -0.3 is 31.5 Å². The number of carbonyl (C=O) groups is 4. The van der Waals surface area contributed by atoms with Crippen molar-refractivity contribution in [1.29, 1.82) is 0 Å². The molecule has 1 aliphatic rings. The Morgan fingerprint density at radius 2 is 1.86 bits per heavy atom. The van der Waals surface area contributed by atoms with Crippen LogP contribution in [-0.4, -0.2) is 70.0 Å². The monoisotopic (exact) mass is 406 g/mol. The molecule has 1 aliphatic heterocycles. The maximum atomic E-state index is 12.7. The van der Waals surface area contributed by atoms with Crippen molar-refractivity contribution in [1.82, 2.24) is 15.5 Å². The second-order valence-electron chi connectivity index (χ2n) is 6.95. The zero-order valence-electron chi connectivity index (χ0n) is 16.1. The summed E-state index contributed by atoms with van der Waals surface area (Å²) < 4.78 is 0. The molecule has 0 aliphatic carbocycles. The van der Waals surface area contributed by atoms with Crippen molar-refractivity contribution >= 4 is 23.7 Å². The fourth-order valence-corrected chi connectivity index (χ4v) is 3.24. The van der Waals surface area contributed by atoms with Gasteiger partial charge in [0.15, 0.2) is 0 Å². The predicted octanol–water partition coefficient (Wildman–Crippen LogP) is -1.04. The van der Waals surface area contributed by atoms with Gasteiger partial charge in [0, 0.05) is 13.0 Å². The molecule has 6 N–H and O–H groups in total. The SMILES string of the molecule is CC(NC(=O)C(Cc1ccc(O)cc1)NC(=O)CN)C(=O)N1CCCC1C(=O)O. The summed E-state index contributed by atoms with van der Waals surface area (Å²) in [6, 6.07) is 3.30. The Hall–Kier alpha value is -3.14. The Morgan fingerprint density at radius 1 is 1.21 bits per heavy atom. The number of phenolic OH excluding ortho intramolecular Hbond substituents is 1. The minimum absolute atomic E-state index is 0.0681. The van der Waals surface area contributed by atoms with E-state index in [1.54, 1.807) is 12.1 Å². The van der Waals surface area contributed by atoms with Crippen molar-refractivity contribution in [3.63, 3.8) is 0 Å². The molecule has 0 spiro atoms. The van der Waals surface area contributed by atoms with Gasteiger partial charge in [0.05, 0.1) is 6.54 Å². The molecule has 0 aromatic heterocycles. The van der Waals surface area contributed by atoms with E-state index in [1.807, 2.05) is 0 Å². The van der Waals surface area contributed by atoms with Crippen LogP contribution in [0.2, 0.25) is 0 Å². The lowest BCUT2D eigenvalue weighted by Crippen LogP contribution is -2.55. The van der Waals surface area contributed by atoms with Gasteiger partial charge in [-0.05, 0) is 37.5 Å². The number of hydrogen-bond acceptors (Lipinski definition) is 6. The highest BCUT2D eigenvalue weighted by atomic mass is 16.4. The third-order valence-electron chi connectivity index (χ3n) is 4.76. The number of rotatable bonds is 8. The molecule has 158 valence electrons. The van der Waals surface area contributed by atoms with Crippen LogP contribution in [0.4, 0.5) is 0 Å². The molecular formula is C19H26N4O6. The topological polar surface area (TPSA) is 162 Å². The number of nitrogens with zero attached hydrogens (tertiary/aromatic N) is 1. The molecule has 3 amide bonds. The first-order valence-corrected chi connectivity index (χ1v) is 9.34. The highest BCUT2D eigenvalue weighted by molar-refractivity contribution is 5.93. The number of benzene rings is 1. The van der Waals surface area contributed by atoms with Crippen molar-refractivity contribution in [2.45, 2.75) is 44.3 Å². The van der Waals surface area contributed by atoms with E-state index in [1.165, 1.54) is 24.0 Å². The number of phenols is 1. The second-order valence-corrected chi connectivity index (χ2v) is 6.95. The zero-order chi connectivity index (χ0) is 21.6. The molecular weight excluding hydrogens is 380 g/mol. The van der Waals surface area contributed by atoms with Gasteiger partial charge >= 0.3 is 5.97 Å². The van der Waals surface area contributed by atoms with Gasteiger partial charge in [-0.2, -0.15) is 0 Å². The predicted molar refractivity (Wildman–Crippen MR) is 103 cm³/mol. The van der Waals surface area contributed by atoms with Gasteiger partial charge in [0.25, 0.3) is 0 Å². The quantitative estimate of drug-likeness (QED) is 0.368. The summed E-state index contributed by atoms with van der Waals surface area (Å²) in [7, 11) is 0. The Kier molecular flexibility index (Phi) is 7.54. The lowest BCUT2D eigenvalue weighted by atomic mass is 10.0. The smallest absolute Gasteiger partial charge is 0.326 e. The molecule has 1 aromatic rings. The number of aromatic hydroxyl groups is 1. The van der Waals surface area contributed by atoms with E-state index >= 15 is 0 Å². The number of aliphatic carboxylic acids is 1. The highest BCUT2D eigenvalue weighted by Gasteiger charge is 2.36. The number of carboxylic acids is 1. The van der Waals surface area contributed by atoms with Crippen LogP contribution in [0.5, 0.6) is 5.75 Å². The first kappa shape index (κ1) is 22.2. The van der Waals surface area contributed by atoms with Crippen LogP contribution in [0, 0.1) is 0 Å². The lowest BCUT2D eigenvalue weighted by Gasteiger charge is -2.27. The summed E-state index contributed by atoms with van der Waals surface area (Å²) in [6.07, 6.45) is 1.08. The number of carboxylic acid groups (broad SMARTS) is 1. The summed E-state index contributed by atoms with van der Waals surface area (Å²) in [5.41, 5.74) is 6.00. The first-order chi connectivity index (χ1) is 13.7. The van der Waals surface area contributed by atoms with Crippen LogP contribution in [0.15, 0.2) is 24.3 Å². The maximum Gasteiger partial charge on any atom is 0.326 e. The minimum atomic E-state index is -1.07. The van der Waals surface area contributed by atoms with Crippen molar-refractivity contribution < 1.29 is 29.4 Å². The normalized spacial score (nSPS) is 18.0. The first-order valence-electron chi connectivity index (χ1n) is 9.34. The van der Waals surface area contributed by atoms with Crippen LogP contribution in [-0.2, 0) is 25.6 Å². The molecule has 10 nitrogen and oxygen atoms in total. The van der Waals surface area contributed by atoms with Gasteiger partial charge in [-0.3, -0.25) is 14.4 Å². The van der Waals surface area contributed by atoms with Crippen molar-refractivity contribution in [3.05, 3.63) is 29.8 Å². The molecule has 3 unspecified atom stereocenters. The van der Waals surface area contributed by atoms with E-state index in [0.29, 0.717) is 24.9 Å². The zero-order valence-corrected chi connectivity index (χ0v) is 16.1. The van der Waals surface area contributed by atoms with Gasteiger partial charge in [0.2, 0.25) is 17.7 Å². The Labute approximate surface area is 168 Å². The Bertz CT molecular complexity index is 766. The van der Waals surface area contributed by atoms with Crippen LogP contribution >= 0.6 is 0 Å². The molecule has 1 fully saturated rings. The van der Waals surface area contributed by atoms with Gasteiger partial charge in [-0.25, -0.2) is 4.79 Å². The minimum Gasteiger partial charge on any atom is -0.508 e. The van der Waals surface area contributed by atoms with E-state index in [0.717, 1.165) is 0 Å². The van der Waals surface area contributed by atoms with Gasteiger partial charge in [0.1, 0.15) is 23.9 Å². The van der Waals surface area contributed by atoms with Crippen LogP contribution < -0.4 is 16.4 Å². The number of nitrogens with two attached hydrogens (primary N) is 1. The third kappa shape index (κ3) is 5.92. The molecule has 0 radical (unpaired) electrons. The highest BCUT2D eigenvalue weighted by Crippen LogP contribution is 2.18. The van der Waals surface area contributed by atoms with Crippen molar-refractivity contribution in [2.24, 2.45) is 5.73 Å². The molecule has 1 heterocycles. The number of carbonyl (C=O) groups excluding carboxylic acids is 3. The van der Waals surface area contributed by atoms with Crippen LogP contribution in [0.1, 0.15) is 25.3 Å². The van der Waals surface area contributed by atoms with E-state index in [-0.39, 0.29) is 18.7 Å². The summed E-state index contributed by atoms with van der Waals surface area (Å²) in [5, 5.41) is 23.7. The lowest BCUT2D eigenvalue weighted by molar-refractivity contribution is -0.149. The summed E-state index contributed by atoms with van der Waals surface area (Å²) >= 11 is 0. The average molecular weight is 406 g/mol. The average Bonchev–Trinajstić information content (AvgIpc) is 3.18. The summed E-state index contributed by atoms with van der Waals surface area (Å²) in [4.78, 5) is 49.6. The molecule has 10 heteroatoms. The number of amides is 3. The molecule has 2 rings (SSSR count). The summed E-state index contributed by atoms with van der Waals surface area (Å²) in [6.45, 7) is 1.48. The Balaban J connectivity index is 2.07. The van der Waals surface area contributed by atoms with E-state index < -0.39 is 41.8 Å². The molecule has 1 aromatic carbocycles. The Morgan fingerprint density at radius 3 is 2.45 bits per heavy atom. The largest absolute Gasteiger partial charge is 0.508 e. The molecule has 0 bridgehead atoms. The number of nitrogens with one attached hydrogen (secondary N) is 2. The molecule has 29 heavy (non-hydrogen) atoms. The standard InChI is InChI=1S/C19H26N4O6/c1-11(18(27)23-8-2-3-15(23)19(28)29)21-17(26)14(22-16(25)10-20)9-12-4-6-13(24)7-5-12/h4-7,11,14-15,24H,2-3,8-10,20H2,1H3,(H,21,26)(H,22,25)(H,28,29). The maximum absolute atomic E-state index is 12.7. The van der Waals surface area contributed by atoms with E-state index in [2.05, 4.69) is 10.6 Å². The summed E-state index contributed by atoms with van der Waals surface area (Å²) in [5.74, 6) is -2.62. The molecule has 3 atom stereocenters. The van der Waals surface area contributed by atoms with Crippen LogP contribution in [0.3, 0.4) is 0 Å². The van der Waals surface area contributed by atoms with Crippen LogP contribution in [0.25, 0.3) is 0 Å². The third-order valence-corrected chi connectivity index (χ3v) is 4.76.